The van der Waals surface area contributed by atoms with Crippen molar-refractivity contribution in [3.05, 3.63) is 11.9 Å². The zero-order valence-electron chi connectivity index (χ0n) is 10.1. The topological polar surface area (TPSA) is 77.0 Å². The van der Waals surface area contributed by atoms with Gasteiger partial charge in [0.25, 0.3) is 0 Å². The van der Waals surface area contributed by atoms with Gasteiger partial charge < -0.3 is 10.6 Å². The van der Waals surface area contributed by atoms with Crippen LogP contribution in [0.3, 0.4) is 0 Å². The Morgan fingerprint density at radius 2 is 2.38 bits per heavy atom. The van der Waals surface area contributed by atoms with E-state index in [1.165, 1.54) is 4.68 Å². The SMILES string of the molecule is CCC(C)N(C)C(=O)Cn1cc(CN)nn1. The summed E-state index contributed by atoms with van der Waals surface area (Å²) in [5, 5.41) is 7.66. The predicted octanol–water partition coefficient (Wildman–Crippen LogP) is -0.00630. The van der Waals surface area contributed by atoms with Gasteiger partial charge in [-0.2, -0.15) is 0 Å². The number of rotatable bonds is 5. The van der Waals surface area contributed by atoms with Gasteiger partial charge in [-0.15, -0.1) is 5.10 Å². The molecule has 0 fully saturated rings. The molecular formula is C10H19N5O. The van der Waals surface area contributed by atoms with Gasteiger partial charge in [0, 0.05) is 19.6 Å². The molecule has 1 aromatic heterocycles. The summed E-state index contributed by atoms with van der Waals surface area (Å²) >= 11 is 0. The van der Waals surface area contributed by atoms with E-state index in [9.17, 15) is 4.79 Å². The highest BCUT2D eigenvalue weighted by atomic mass is 16.2. The molecule has 2 N–H and O–H groups in total. The van der Waals surface area contributed by atoms with Crippen molar-refractivity contribution in [3.63, 3.8) is 0 Å². The molecule has 0 bridgehead atoms. The maximum absolute atomic E-state index is 11.8. The van der Waals surface area contributed by atoms with Crippen molar-refractivity contribution in [2.24, 2.45) is 5.73 Å². The summed E-state index contributed by atoms with van der Waals surface area (Å²) in [4.78, 5) is 13.5. The van der Waals surface area contributed by atoms with Crippen molar-refractivity contribution in [2.45, 2.75) is 39.4 Å². The molecular weight excluding hydrogens is 206 g/mol. The van der Waals surface area contributed by atoms with Gasteiger partial charge in [0.1, 0.15) is 6.54 Å². The van der Waals surface area contributed by atoms with Gasteiger partial charge in [0.2, 0.25) is 5.91 Å². The minimum absolute atomic E-state index is 0.0304. The van der Waals surface area contributed by atoms with Gasteiger partial charge in [0.05, 0.1) is 11.9 Å². The van der Waals surface area contributed by atoms with Crippen molar-refractivity contribution in [1.82, 2.24) is 19.9 Å². The molecule has 6 heteroatoms. The van der Waals surface area contributed by atoms with E-state index in [-0.39, 0.29) is 18.5 Å². The fraction of sp³-hybridized carbons (Fsp3) is 0.700. The molecule has 0 aromatic carbocycles. The van der Waals surface area contributed by atoms with Gasteiger partial charge in [-0.05, 0) is 13.3 Å². The zero-order chi connectivity index (χ0) is 12.1. The lowest BCUT2D eigenvalue weighted by Crippen LogP contribution is -2.37. The summed E-state index contributed by atoms with van der Waals surface area (Å²) in [6.07, 6.45) is 2.63. The molecule has 0 spiro atoms. The van der Waals surface area contributed by atoms with Crippen LogP contribution in [0.5, 0.6) is 0 Å². The third-order valence-corrected chi connectivity index (χ3v) is 2.74. The Labute approximate surface area is 95.4 Å². The Morgan fingerprint density at radius 1 is 1.69 bits per heavy atom. The van der Waals surface area contributed by atoms with Gasteiger partial charge in [0.15, 0.2) is 0 Å². The lowest BCUT2D eigenvalue weighted by molar-refractivity contribution is -0.132. The second-order valence-corrected chi connectivity index (χ2v) is 3.87. The minimum atomic E-state index is 0.0304. The van der Waals surface area contributed by atoms with Crippen LogP contribution >= 0.6 is 0 Å². The van der Waals surface area contributed by atoms with Crippen LogP contribution in [0.4, 0.5) is 0 Å². The van der Waals surface area contributed by atoms with E-state index in [2.05, 4.69) is 17.2 Å². The number of nitrogens with zero attached hydrogens (tertiary/aromatic N) is 4. The van der Waals surface area contributed by atoms with Gasteiger partial charge in [-0.3, -0.25) is 4.79 Å². The number of amides is 1. The van der Waals surface area contributed by atoms with E-state index in [1.807, 2.05) is 6.92 Å². The molecule has 16 heavy (non-hydrogen) atoms. The highest BCUT2D eigenvalue weighted by molar-refractivity contribution is 5.75. The molecule has 0 aliphatic heterocycles. The van der Waals surface area contributed by atoms with Crippen LogP contribution in [0.15, 0.2) is 6.20 Å². The Balaban J connectivity index is 2.57. The Hall–Kier alpha value is -1.43. The predicted molar refractivity (Wildman–Crippen MR) is 60.4 cm³/mol. The Bertz CT molecular complexity index is 349. The largest absolute Gasteiger partial charge is 0.341 e. The van der Waals surface area contributed by atoms with Crippen molar-refractivity contribution < 1.29 is 4.79 Å². The normalized spacial score (nSPS) is 12.5. The molecule has 1 amide bonds. The number of nitrogens with two attached hydrogens (primary N) is 1. The first-order valence-corrected chi connectivity index (χ1v) is 5.43. The first-order valence-electron chi connectivity index (χ1n) is 5.43. The van der Waals surface area contributed by atoms with Crippen molar-refractivity contribution in [1.29, 1.82) is 0 Å². The summed E-state index contributed by atoms with van der Waals surface area (Å²) < 4.78 is 1.52. The van der Waals surface area contributed by atoms with Crippen LogP contribution in [0, 0.1) is 0 Å². The third-order valence-electron chi connectivity index (χ3n) is 2.74. The van der Waals surface area contributed by atoms with Gasteiger partial charge >= 0.3 is 0 Å². The molecule has 1 aromatic rings. The number of aromatic nitrogens is 3. The van der Waals surface area contributed by atoms with Crippen LogP contribution in [0.25, 0.3) is 0 Å². The number of carbonyl (C=O) groups is 1. The lowest BCUT2D eigenvalue weighted by Gasteiger charge is -2.23. The molecule has 1 unspecified atom stereocenters. The standard InChI is InChI=1S/C10H19N5O/c1-4-8(2)14(3)10(16)7-15-6-9(5-11)12-13-15/h6,8H,4-5,7,11H2,1-3H3. The summed E-state index contributed by atoms with van der Waals surface area (Å²) in [5.41, 5.74) is 6.11. The Kier molecular flexibility index (Phi) is 4.42. The molecule has 0 aliphatic carbocycles. The molecule has 6 nitrogen and oxygen atoms in total. The van der Waals surface area contributed by atoms with Crippen molar-refractivity contribution in [2.75, 3.05) is 7.05 Å². The molecule has 1 rings (SSSR count). The van der Waals surface area contributed by atoms with Gasteiger partial charge in [-0.1, -0.05) is 12.1 Å². The van der Waals surface area contributed by atoms with Crippen LogP contribution in [-0.4, -0.2) is 38.9 Å². The highest BCUT2D eigenvalue weighted by Gasteiger charge is 2.15. The molecule has 0 radical (unpaired) electrons. The van der Waals surface area contributed by atoms with Crippen LogP contribution in [-0.2, 0) is 17.9 Å². The molecule has 0 aliphatic rings. The first-order chi connectivity index (χ1) is 7.58. The minimum Gasteiger partial charge on any atom is -0.341 e. The quantitative estimate of drug-likeness (QED) is 0.764. The number of carbonyl (C=O) groups excluding carboxylic acids is 1. The Morgan fingerprint density at radius 3 is 2.88 bits per heavy atom. The molecule has 0 saturated heterocycles. The van der Waals surface area contributed by atoms with E-state index >= 15 is 0 Å². The fourth-order valence-corrected chi connectivity index (χ4v) is 1.28. The van der Waals surface area contributed by atoms with Crippen molar-refractivity contribution in [3.8, 4) is 0 Å². The van der Waals surface area contributed by atoms with E-state index in [4.69, 9.17) is 5.73 Å². The smallest absolute Gasteiger partial charge is 0.244 e. The molecule has 0 saturated carbocycles. The maximum Gasteiger partial charge on any atom is 0.244 e. The average molecular weight is 225 g/mol. The number of hydrogen-bond acceptors (Lipinski definition) is 4. The van der Waals surface area contributed by atoms with E-state index in [1.54, 1.807) is 18.1 Å². The summed E-state index contributed by atoms with van der Waals surface area (Å²) in [5.74, 6) is 0.0304. The van der Waals surface area contributed by atoms with Crippen molar-refractivity contribution >= 4 is 5.91 Å². The highest BCUT2D eigenvalue weighted by Crippen LogP contribution is 2.02. The third kappa shape index (κ3) is 3.03. The van der Waals surface area contributed by atoms with Gasteiger partial charge in [-0.25, -0.2) is 4.68 Å². The summed E-state index contributed by atoms with van der Waals surface area (Å²) in [6, 6.07) is 0.241. The monoisotopic (exact) mass is 225 g/mol. The second kappa shape index (κ2) is 5.60. The fourth-order valence-electron chi connectivity index (χ4n) is 1.28. The molecule has 1 heterocycles. The number of hydrogen-bond donors (Lipinski definition) is 1. The zero-order valence-corrected chi connectivity index (χ0v) is 10.1. The first kappa shape index (κ1) is 12.6. The van der Waals surface area contributed by atoms with E-state index in [0.29, 0.717) is 12.2 Å². The van der Waals surface area contributed by atoms with Crippen LogP contribution < -0.4 is 5.73 Å². The second-order valence-electron chi connectivity index (χ2n) is 3.87. The lowest BCUT2D eigenvalue weighted by atomic mass is 10.2. The van der Waals surface area contributed by atoms with Crippen LogP contribution in [0.2, 0.25) is 0 Å². The van der Waals surface area contributed by atoms with Crippen LogP contribution in [0.1, 0.15) is 26.0 Å². The number of likely N-dealkylation sites (N-methyl/N-ethyl adjacent to an activating group) is 1. The average Bonchev–Trinajstić information content (AvgIpc) is 2.74. The molecule has 90 valence electrons. The molecule has 1 atom stereocenters. The maximum atomic E-state index is 11.8. The van der Waals surface area contributed by atoms with E-state index in [0.717, 1.165) is 6.42 Å². The summed E-state index contributed by atoms with van der Waals surface area (Å²) in [7, 11) is 1.80. The van der Waals surface area contributed by atoms with E-state index < -0.39 is 0 Å². The summed E-state index contributed by atoms with van der Waals surface area (Å²) in [6.45, 7) is 4.63.